The van der Waals surface area contributed by atoms with Crippen molar-refractivity contribution in [2.24, 2.45) is 5.41 Å². The second kappa shape index (κ2) is 4.86. The molecule has 0 radical (unpaired) electrons. The number of methoxy groups -OCH3 is 1. The minimum Gasteiger partial charge on any atom is -0.385 e. The zero-order valence-corrected chi connectivity index (χ0v) is 8.57. The summed E-state index contributed by atoms with van der Waals surface area (Å²) in [5.74, 6) is 0. The van der Waals surface area contributed by atoms with Crippen molar-refractivity contribution >= 4 is 0 Å². The maximum atomic E-state index is 5.04. The van der Waals surface area contributed by atoms with Crippen LogP contribution in [-0.4, -0.2) is 13.7 Å². The SMILES string of the molecule is COCCCCC1(C)CCCC1. The lowest BCUT2D eigenvalue weighted by atomic mass is 9.83. The molecule has 1 rings (SSSR count). The first kappa shape index (κ1) is 10.0. The normalized spacial score (nSPS) is 21.5. The highest BCUT2D eigenvalue weighted by Crippen LogP contribution is 2.41. The molecule has 0 aromatic carbocycles. The molecule has 0 aromatic heterocycles. The van der Waals surface area contributed by atoms with Crippen LogP contribution >= 0.6 is 0 Å². The van der Waals surface area contributed by atoms with E-state index in [4.69, 9.17) is 4.74 Å². The van der Waals surface area contributed by atoms with Crippen molar-refractivity contribution in [1.29, 1.82) is 0 Å². The zero-order valence-electron chi connectivity index (χ0n) is 8.57. The summed E-state index contributed by atoms with van der Waals surface area (Å²) in [6.45, 7) is 3.39. The summed E-state index contributed by atoms with van der Waals surface area (Å²) >= 11 is 0. The van der Waals surface area contributed by atoms with Crippen LogP contribution in [0, 0.1) is 5.41 Å². The Bertz CT molecular complexity index is 114. The number of rotatable bonds is 5. The smallest absolute Gasteiger partial charge is 0.0462 e. The van der Waals surface area contributed by atoms with E-state index in [0.29, 0.717) is 5.41 Å². The van der Waals surface area contributed by atoms with Gasteiger partial charge in [-0.15, -0.1) is 0 Å². The van der Waals surface area contributed by atoms with E-state index in [1.807, 2.05) is 0 Å². The van der Waals surface area contributed by atoms with Crippen molar-refractivity contribution in [3.8, 4) is 0 Å². The van der Waals surface area contributed by atoms with E-state index < -0.39 is 0 Å². The van der Waals surface area contributed by atoms with Crippen LogP contribution in [0.5, 0.6) is 0 Å². The standard InChI is InChI=1S/C11H22O/c1-11(7-3-4-8-11)9-5-6-10-12-2/h3-10H2,1-2H3. The van der Waals surface area contributed by atoms with E-state index in [2.05, 4.69) is 6.92 Å². The summed E-state index contributed by atoms with van der Waals surface area (Å²) in [5, 5.41) is 0. The summed E-state index contributed by atoms with van der Waals surface area (Å²) in [4.78, 5) is 0. The topological polar surface area (TPSA) is 9.23 Å². The van der Waals surface area contributed by atoms with Crippen molar-refractivity contribution in [1.82, 2.24) is 0 Å². The Hall–Kier alpha value is -0.0400. The van der Waals surface area contributed by atoms with Gasteiger partial charge in [0.2, 0.25) is 0 Å². The number of ether oxygens (including phenoxy) is 1. The van der Waals surface area contributed by atoms with Gasteiger partial charge >= 0.3 is 0 Å². The second-order valence-corrected chi connectivity index (χ2v) is 4.47. The summed E-state index contributed by atoms with van der Waals surface area (Å²) in [5.41, 5.74) is 0.688. The Kier molecular flexibility index (Phi) is 4.07. The lowest BCUT2D eigenvalue weighted by Crippen LogP contribution is -2.10. The maximum absolute atomic E-state index is 5.04. The van der Waals surface area contributed by atoms with Crippen molar-refractivity contribution in [2.45, 2.75) is 51.9 Å². The fraction of sp³-hybridized carbons (Fsp3) is 1.00. The summed E-state index contributed by atoms with van der Waals surface area (Å²) in [6.07, 6.45) is 9.84. The van der Waals surface area contributed by atoms with Gasteiger partial charge in [-0.25, -0.2) is 0 Å². The molecule has 0 N–H and O–H groups in total. The van der Waals surface area contributed by atoms with E-state index in [0.717, 1.165) is 6.61 Å². The fourth-order valence-electron chi connectivity index (χ4n) is 2.28. The molecule has 0 saturated heterocycles. The Morgan fingerprint density at radius 3 is 2.42 bits per heavy atom. The monoisotopic (exact) mass is 170 g/mol. The van der Waals surface area contributed by atoms with Gasteiger partial charge in [-0.3, -0.25) is 0 Å². The largest absolute Gasteiger partial charge is 0.385 e. The van der Waals surface area contributed by atoms with Crippen LogP contribution in [0.3, 0.4) is 0 Å². The number of unbranched alkanes of at least 4 members (excludes halogenated alkanes) is 1. The lowest BCUT2D eigenvalue weighted by molar-refractivity contribution is 0.184. The third-order valence-corrected chi connectivity index (χ3v) is 3.19. The van der Waals surface area contributed by atoms with Crippen molar-refractivity contribution in [3.63, 3.8) is 0 Å². The molecule has 0 atom stereocenters. The summed E-state index contributed by atoms with van der Waals surface area (Å²) in [7, 11) is 1.79. The molecule has 1 fully saturated rings. The van der Waals surface area contributed by atoms with Gasteiger partial charge in [0.25, 0.3) is 0 Å². The van der Waals surface area contributed by atoms with E-state index in [1.54, 1.807) is 7.11 Å². The van der Waals surface area contributed by atoms with E-state index in [9.17, 15) is 0 Å². The highest BCUT2D eigenvalue weighted by molar-refractivity contribution is 4.79. The highest BCUT2D eigenvalue weighted by Gasteiger charge is 2.27. The zero-order chi connectivity index (χ0) is 8.86. The molecule has 1 nitrogen and oxygen atoms in total. The van der Waals surface area contributed by atoms with E-state index >= 15 is 0 Å². The van der Waals surface area contributed by atoms with Gasteiger partial charge in [0.05, 0.1) is 0 Å². The second-order valence-electron chi connectivity index (χ2n) is 4.47. The van der Waals surface area contributed by atoms with Crippen molar-refractivity contribution in [3.05, 3.63) is 0 Å². The first-order chi connectivity index (χ1) is 5.77. The predicted octanol–water partition coefficient (Wildman–Crippen LogP) is 3.38. The van der Waals surface area contributed by atoms with Crippen molar-refractivity contribution in [2.75, 3.05) is 13.7 Å². The van der Waals surface area contributed by atoms with Gasteiger partial charge in [0.15, 0.2) is 0 Å². The summed E-state index contributed by atoms with van der Waals surface area (Å²) in [6, 6.07) is 0. The van der Waals surface area contributed by atoms with Crippen LogP contribution in [-0.2, 0) is 4.74 Å². The van der Waals surface area contributed by atoms with Crippen LogP contribution in [0.4, 0.5) is 0 Å². The molecule has 0 aromatic rings. The molecule has 1 heteroatoms. The highest BCUT2D eigenvalue weighted by atomic mass is 16.5. The molecule has 0 spiro atoms. The Morgan fingerprint density at radius 1 is 1.17 bits per heavy atom. The minimum absolute atomic E-state index is 0.688. The molecule has 0 amide bonds. The van der Waals surface area contributed by atoms with Gasteiger partial charge in [0, 0.05) is 13.7 Å². The molecule has 1 saturated carbocycles. The fourth-order valence-corrected chi connectivity index (χ4v) is 2.28. The predicted molar refractivity (Wildman–Crippen MR) is 52.3 cm³/mol. The van der Waals surface area contributed by atoms with Gasteiger partial charge in [-0.05, 0) is 31.1 Å². The average Bonchev–Trinajstić information content (AvgIpc) is 2.47. The molecular weight excluding hydrogens is 148 g/mol. The molecule has 0 unspecified atom stereocenters. The Balaban J connectivity index is 2.05. The lowest BCUT2D eigenvalue weighted by Gasteiger charge is -2.22. The third-order valence-electron chi connectivity index (χ3n) is 3.19. The molecule has 1 aliphatic rings. The van der Waals surface area contributed by atoms with Gasteiger partial charge < -0.3 is 4.74 Å². The first-order valence-corrected chi connectivity index (χ1v) is 5.26. The molecule has 1 aliphatic carbocycles. The van der Waals surface area contributed by atoms with Gasteiger partial charge in [-0.1, -0.05) is 26.2 Å². The van der Waals surface area contributed by atoms with Gasteiger partial charge in [-0.2, -0.15) is 0 Å². The van der Waals surface area contributed by atoms with Crippen LogP contribution in [0.25, 0.3) is 0 Å². The van der Waals surface area contributed by atoms with Crippen molar-refractivity contribution < 1.29 is 4.74 Å². The Morgan fingerprint density at radius 2 is 1.83 bits per heavy atom. The molecule has 12 heavy (non-hydrogen) atoms. The average molecular weight is 170 g/mol. The maximum Gasteiger partial charge on any atom is 0.0462 e. The number of hydrogen-bond acceptors (Lipinski definition) is 1. The third kappa shape index (κ3) is 3.14. The van der Waals surface area contributed by atoms with Crippen LogP contribution in [0.15, 0.2) is 0 Å². The van der Waals surface area contributed by atoms with Crippen LogP contribution in [0.1, 0.15) is 51.9 Å². The van der Waals surface area contributed by atoms with E-state index in [-0.39, 0.29) is 0 Å². The van der Waals surface area contributed by atoms with Crippen LogP contribution < -0.4 is 0 Å². The quantitative estimate of drug-likeness (QED) is 0.575. The first-order valence-electron chi connectivity index (χ1n) is 5.26. The minimum atomic E-state index is 0.688. The Labute approximate surface area is 76.5 Å². The van der Waals surface area contributed by atoms with Crippen LogP contribution in [0.2, 0.25) is 0 Å². The van der Waals surface area contributed by atoms with E-state index in [1.165, 1.54) is 44.9 Å². The molecular formula is C11H22O. The van der Waals surface area contributed by atoms with Gasteiger partial charge in [0.1, 0.15) is 0 Å². The summed E-state index contributed by atoms with van der Waals surface area (Å²) < 4.78 is 5.04. The number of hydrogen-bond donors (Lipinski definition) is 0. The molecule has 0 bridgehead atoms. The molecule has 0 aliphatic heterocycles. The molecule has 72 valence electrons. The molecule has 0 heterocycles.